The molecule has 0 heterocycles. The number of alkyl halides is 3. The van der Waals surface area contributed by atoms with Crippen molar-refractivity contribution < 1.29 is 40.3 Å². The van der Waals surface area contributed by atoms with Crippen LogP contribution in [0.2, 0.25) is 0 Å². The van der Waals surface area contributed by atoms with Gasteiger partial charge in [-0.2, -0.15) is 13.2 Å². The van der Waals surface area contributed by atoms with E-state index in [-0.39, 0.29) is 0 Å². The Labute approximate surface area is 154 Å². The summed E-state index contributed by atoms with van der Waals surface area (Å²) in [5.74, 6) is -9.68. The van der Waals surface area contributed by atoms with Crippen LogP contribution in [0.5, 0.6) is 0 Å². The van der Waals surface area contributed by atoms with E-state index in [0.717, 1.165) is 6.92 Å². The van der Waals surface area contributed by atoms with Gasteiger partial charge in [-0.05, 0) is 18.3 Å². The normalized spacial score (nSPS) is 22.0. The standard InChI is InChI=1S/C17H14ClF7O2/c1-6-11(19)13(21)7(14(22)12(6)20)5-27-15(26)10-8(16(10,2)3)4-9(18)17(23,24)25/h4,8,10H,5H2,1-3H3/b9-4-/t8-,10-/m0/s1. The number of rotatable bonds is 4. The van der Waals surface area contributed by atoms with Crippen molar-refractivity contribution in [1.29, 1.82) is 0 Å². The second kappa shape index (κ2) is 7.00. The third kappa shape index (κ3) is 3.93. The van der Waals surface area contributed by atoms with Gasteiger partial charge in [0.05, 0.1) is 11.5 Å². The summed E-state index contributed by atoms with van der Waals surface area (Å²) in [6.45, 7) is 2.68. The van der Waals surface area contributed by atoms with Gasteiger partial charge in [-0.3, -0.25) is 4.79 Å². The second-order valence-corrected chi connectivity index (χ2v) is 7.21. The van der Waals surface area contributed by atoms with Crippen molar-refractivity contribution in [2.75, 3.05) is 0 Å². The Morgan fingerprint density at radius 1 is 1.11 bits per heavy atom. The van der Waals surface area contributed by atoms with Gasteiger partial charge in [0.2, 0.25) is 0 Å². The van der Waals surface area contributed by atoms with E-state index in [0.29, 0.717) is 6.08 Å². The van der Waals surface area contributed by atoms with Crippen LogP contribution in [0.4, 0.5) is 30.7 Å². The highest BCUT2D eigenvalue weighted by atomic mass is 35.5. The van der Waals surface area contributed by atoms with E-state index in [2.05, 4.69) is 0 Å². The van der Waals surface area contributed by atoms with Gasteiger partial charge in [0.1, 0.15) is 11.6 Å². The van der Waals surface area contributed by atoms with Crippen LogP contribution in [0.15, 0.2) is 11.1 Å². The van der Waals surface area contributed by atoms with Crippen LogP contribution >= 0.6 is 11.6 Å². The van der Waals surface area contributed by atoms with Crippen molar-refractivity contribution in [3.63, 3.8) is 0 Å². The van der Waals surface area contributed by atoms with Gasteiger partial charge in [-0.1, -0.05) is 31.5 Å². The first-order valence-corrected chi connectivity index (χ1v) is 8.01. The van der Waals surface area contributed by atoms with Crippen LogP contribution in [0, 0.1) is 47.4 Å². The molecule has 0 bridgehead atoms. The topological polar surface area (TPSA) is 26.3 Å². The maximum atomic E-state index is 13.8. The third-order valence-corrected chi connectivity index (χ3v) is 5.03. The number of carbonyl (C=O) groups is 1. The van der Waals surface area contributed by atoms with E-state index < -0.39 is 75.4 Å². The SMILES string of the molecule is Cc1c(F)c(F)c(COC(=O)[C@@H]2[C@H](/C=C(\Cl)C(F)(F)F)C2(C)C)c(F)c1F. The summed E-state index contributed by atoms with van der Waals surface area (Å²) >= 11 is 5.15. The van der Waals surface area contributed by atoms with Crippen LogP contribution in [-0.4, -0.2) is 12.1 Å². The molecule has 1 saturated carbocycles. The molecule has 0 radical (unpaired) electrons. The molecule has 27 heavy (non-hydrogen) atoms. The molecule has 1 aromatic rings. The van der Waals surface area contributed by atoms with Crippen LogP contribution < -0.4 is 0 Å². The molecule has 2 atom stereocenters. The van der Waals surface area contributed by atoms with Gasteiger partial charge in [-0.25, -0.2) is 17.6 Å². The molecule has 0 amide bonds. The fraction of sp³-hybridized carbons (Fsp3) is 0.471. The zero-order chi connectivity index (χ0) is 20.9. The minimum Gasteiger partial charge on any atom is -0.460 e. The molecule has 2 rings (SSSR count). The van der Waals surface area contributed by atoms with E-state index in [1.165, 1.54) is 13.8 Å². The summed E-state index contributed by atoms with van der Waals surface area (Å²) in [7, 11) is 0. The molecule has 1 aromatic carbocycles. The molecule has 10 heteroatoms. The molecule has 0 aliphatic heterocycles. The lowest BCUT2D eigenvalue weighted by molar-refractivity contribution is -0.147. The predicted octanol–water partition coefficient (Wildman–Crippen LogP) is 5.55. The largest absolute Gasteiger partial charge is 0.460 e. The molecule has 1 aliphatic rings. The quantitative estimate of drug-likeness (QED) is 0.364. The summed E-state index contributed by atoms with van der Waals surface area (Å²) in [6.07, 6.45) is -4.11. The second-order valence-electron chi connectivity index (χ2n) is 6.80. The van der Waals surface area contributed by atoms with Crippen LogP contribution in [-0.2, 0) is 16.1 Å². The first kappa shape index (κ1) is 21.5. The minimum atomic E-state index is -4.78. The number of halogens is 8. The number of esters is 1. The lowest BCUT2D eigenvalue weighted by atomic mass is 10.1. The number of hydrogen-bond acceptors (Lipinski definition) is 2. The van der Waals surface area contributed by atoms with Gasteiger partial charge in [0.15, 0.2) is 23.3 Å². The Morgan fingerprint density at radius 2 is 1.59 bits per heavy atom. The number of ether oxygens (including phenoxy) is 1. The zero-order valence-corrected chi connectivity index (χ0v) is 15.0. The fourth-order valence-electron chi connectivity index (χ4n) is 2.84. The highest BCUT2D eigenvalue weighted by molar-refractivity contribution is 6.30. The van der Waals surface area contributed by atoms with E-state index in [1.807, 2.05) is 0 Å². The van der Waals surface area contributed by atoms with E-state index in [9.17, 15) is 35.5 Å². The monoisotopic (exact) mass is 418 g/mol. The van der Waals surface area contributed by atoms with Crippen LogP contribution in [0.1, 0.15) is 25.0 Å². The molecule has 0 unspecified atom stereocenters. The molecule has 0 spiro atoms. The molecule has 0 saturated heterocycles. The minimum absolute atomic E-state index is 0.667. The molecule has 2 nitrogen and oxygen atoms in total. The molecule has 0 N–H and O–H groups in total. The van der Waals surface area contributed by atoms with Crippen molar-refractivity contribution in [2.24, 2.45) is 17.3 Å². The van der Waals surface area contributed by atoms with Gasteiger partial charge < -0.3 is 4.74 Å². The summed E-state index contributed by atoms with van der Waals surface area (Å²) in [5, 5.41) is -1.41. The maximum absolute atomic E-state index is 13.8. The molecular weight excluding hydrogens is 405 g/mol. The number of carbonyl (C=O) groups excluding carboxylic acids is 1. The Bertz CT molecular complexity index is 785. The van der Waals surface area contributed by atoms with Crippen molar-refractivity contribution in [1.82, 2.24) is 0 Å². The Hall–Kier alpha value is -1.77. The van der Waals surface area contributed by atoms with Crippen LogP contribution in [0.25, 0.3) is 0 Å². The lowest BCUT2D eigenvalue weighted by Gasteiger charge is -2.10. The zero-order valence-electron chi connectivity index (χ0n) is 14.3. The number of allylic oxidation sites excluding steroid dienone is 2. The van der Waals surface area contributed by atoms with Crippen LogP contribution in [0.3, 0.4) is 0 Å². The highest BCUT2D eigenvalue weighted by Crippen LogP contribution is 2.60. The van der Waals surface area contributed by atoms with Crippen molar-refractivity contribution in [3.8, 4) is 0 Å². The summed E-state index contributed by atoms with van der Waals surface area (Å²) < 4.78 is 96.8. The first-order chi connectivity index (χ1) is 12.2. The van der Waals surface area contributed by atoms with Crippen molar-refractivity contribution in [2.45, 2.75) is 33.6 Å². The summed E-state index contributed by atoms with van der Waals surface area (Å²) in [4.78, 5) is 12.1. The Kier molecular flexibility index (Phi) is 5.58. The Balaban J connectivity index is 2.16. The van der Waals surface area contributed by atoms with E-state index >= 15 is 0 Å². The van der Waals surface area contributed by atoms with E-state index in [4.69, 9.17) is 16.3 Å². The average Bonchev–Trinajstić information content (AvgIpc) is 3.10. The van der Waals surface area contributed by atoms with Gasteiger partial charge in [0, 0.05) is 5.56 Å². The average molecular weight is 419 g/mol. The van der Waals surface area contributed by atoms with E-state index in [1.54, 1.807) is 0 Å². The maximum Gasteiger partial charge on any atom is 0.426 e. The van der Waals surface area contributed by atoms with Gasteiger partial charge in [-0.15, -0.1) is 0 Å². The molecular formula is C17H14ClF7O2. The third-order valence-electron chi connectivity index (χ3n) is 4.69. The number of hydrogen-bond donors (Lipinski definition) is 0. The van der Waals surface area contributed by atoms with Gasteiger partial charge in [0.25, 0.3) is 0 Å². The molecule has 150 valence electrons. The smallest absolute Gasteiger partial charge is 0.426 e. The molecule has 0 aromatic heterocycles. The highest BCUT2D eigenvalue weighted by Gasteiger charge is 2.62. The molecule has 1 fully saturated rings. The van der Waals surface area contributed by atoms with Crippen molar-refractivity contribution >= 4 is 17.6 Å². The van der Waals surface area contributed by atoms with Crippen molar-refractivity contribution in [3.05, 3.63) is 45.5 Å². The summed E-state index contributed by atoms with van der Waals surface area (Å²) in [5.41, 5.74) is -2.93. The molecule has 1 aliphatic carbocycles. The van der Waals surface area contributed by atoms with Gasteiger partial charge >= 0.3 is 12.1 Å². The fourth-order valence-corrected chi connectivity index (χ4v) is 2.97. The summed E-state index contributed by atoms with van der Waals surface area (Å²) in [6, 6.07) is 0. The number of benzene rings is 1. The predicted molar refractivity (Wildman–Crippen MR) is 81.6 cm³/mol. The lowest BCUT2D eigenvalue weighted by Crippen LogP contribution is -2.14. The first-order valence-electron chi connectivity index (χ1n) is 7.63. The Morgan fingerprint density at radius 3 is 2.04 bits per heavy atom.